The number of aryl methyl sites for hydroxylation is 1. The third-order valence-corrected chi connectivity index (χ3v) is 3.77. The van der Waals surface area contributed by atoms with E-state index in [4.69, 9.17) is 5.11 Å². The fourth-order valence-corrected chi connectivity index (χ4v) is 2.60. The van der Waals surface area contributed by atoms with Gasteiger partial charge in [0.1, 0.15) is 0 Å². The smallest absolute Gasteiger partial charge is 0.307 e. The van der Waals surface area contributed by atoms with E-state index in [1.165, 1.54) is 0 Å². The molecule has 5 heteroatoms. The summed E-state index contributed by atoms with van der Waals surface area (Å²) in [6.45, 7) is 4.02. The molecular formula is C15H17BrN2O2. The number of carboxylic acid groups (broad SMARTS) is 1. The first-order valence-electron chi connectivity index (χ1n) is 6.64. The van der Waals surface area contributed by atoms with Crippen LogP contribution >= 0.6 is 15.9 Å². The van der Waals surface area contributed by atoms with Crippen LogP contribution in [-0.2, 0) is 24.1 Å². The van der Waals surface area contributed by atoms with Gasteiger partial charge in [0.25, 0.3) is 0 Å². The fourth-order valence-electron chi connectivity index (χ4n) is 2.33. The summed E-state index contributed by atoms with van der Waals surface area (Å²) in [5, 5.41) is 13.7. The summed E-state index contributed by atoms with van der Waals surface area (Å²) in [4.78, 5) is 11.1. The zero-order chi connectivity index (χ0) is 14.7. The van der Waals surface area contributed by atoms with Gasteiger partial charge >= 0.3 is 5.97 Å². The lowest BCUT2D eigenvalue weighted by Gasteiger charge is -2.07. The Morgan fingerprint density at radius 3 is 2.40 bits per heavy atom. The van der Waals surface area contributed by atoms with Gasteiger partial charge in [-0.2, -0.15) is 5.10 Å². The number of rotatable bonds is 5. The number of nitrogens with zero attached hydrogens (tertiary/aromatic N) is 2. The van der Waals surface area contributed by atoms with E-state index in [-0.39, 0.29) is 6.42 Å². The van der Waals surface area contributed by atoms with Crippen LogP contribution in [0.2, 0.25) is 0 Å². The molecule has 4 nitrogen and oxygen atoms in total. The molecule has 0 amide bonds. The molecule has 106 valence electrons. The Balaban J connectivity index is 2.55. The Morgan fingerprint density at radius 1 is 1.25 bits per heavy atom. The van der Waals surface area contributed by atoms with E-state index in [9.17, 15) is 4.79 Å². The maximum atomic E-state index is 11.1. The highest BCUT2D eigenvalue weighted by atomic mass is 79.9. The van der Waals surface area contributed by atoms with Crippen molar-refractivity contribution in [3.8, 4) is 5.69 Å². The van der Waals surface area contributed by atoms with E-state index in [1.807, 2.05) is 42.8 Å². The Morgan fingerprint density at radius 2 is 1.90 bits per heavy atom. The first kappa shape index (κ1) is 14.8. The molecule has 0 unspecified atom stereocenters. The lowest BCUT2D eigenvalue weighted by molar-refractivity contribution is -0.136. The number of aliphatic carboxylic acids is 1. The minimum Gasteiger partial charge on any atom is -0.481 e. The van der Waals surface area contributed by atoms with Crippen molar-refractivity contribution in [1.29, 1.82) is 0 Å². The first-order chi connectivity index (χ1) is 9.56. The average Bonchev–Trinajstić information content (AvgIpc) is 2.76. The Kier molecular flexibility index (Phi) is 4.60. The van der Waals surface area contributed by atoms with Gasteiger partial charge in [-0.15, -0.1) is 0 Å². The van der Waals surface area contributed by atoms with Crippen LogP contribution in [0.15, 0.2) is 28.7 Å². The molecule has 0 spiro atoms. The number of aromatic nitrogens is 2. The van der Waals surface area contributed by atoms with Gasteiger partial charge in [0.05, 0.1) is 17.8 Å². The summed E-state index contributed by atoms with van der Waals surface area (Å²) in [5.74, 6) is -0.815. The van der Waals surface area contributed by atoms with Crippen molar-refractivity contribution in [2.75, 3.05) is 0 Å². The maximum absolute atomic E-state index is 11.1. The van der Waals surface area contributed by atoms with Crippen molar-refractivity contribution in [2.24, 2.45) is 0 Å². The highest BCUT2D eigenvalue weighted by molar-refractivity contribution is 9.10. The molecule has 1 aromatic carbocycles. The number of hydrogen-bond acceptors (Lipinski definition) is 2. The standard InChI is InChI=1S/C15H17BrN2O2/c1-3-13-12(9-15(19)20)14(4-2)18(17-13)11-7-5-10(16)6-8-11/h5-8H,3-4,9H2,1-2H3,(H,19,20). The molecule has 0 saturated carbocycles. The predicted octanol–water partition coefficient (Wildman–Crippen LogP) is 3.39. The second-order valence-electron chi connectivity index (χ2n) is 4.54. The van der Waals surface area contributed by atoms with Crippen molar-refractivity contribution in [2.45, 2.75) is 33.1 Å². The molecule has 0 saturated heterocycles. The molecule has 0 aliphatic rings. The lowest BCUT2D eigenvalue weighted by Crippen LogP contribution is -2.06. The van der Waals surface area contributed by atoms with Crippen molar-refractivity contribution >= 4 is 21.9 Å². The van der Waals surface area contributed by atoms with E-state index in [0.717, 1.165) is 40.0 Å². The number of halogens is 1. The van der Waals surface area contributed by atoms with Crippen LogP contribution in [0.1, 0.15) is 30.8 Å². The molecule has 0 bridgehead atoms. The summed E-state index contributed by atoms with van der Waals surface area (Å²) >= 11 is 3.41. The summed E-state index contributed by atoms with van der Waals surface area (Å²) in [5.41, 5.74) is 3.65. The van der Waals surface area contributed by atoms with Gasteiger partial charge in [0.2, 0.25) is 0 Å². The largest absolute Gasteiger partial charge is 0.481 e. The van der Waals surface area contributed by atoms with E-state index < -0.39 is 5.97 Å². The minimum absolute atomic E-state index is 0.0306. The van der Waals surface area contributed by atoms with Crippen LogP contribution in [0.3, 0.4) is 0 Å². The zero-order valence-electron chi connectivity index (χ0n) is 11.6. The molecule has 1 heterocycles. The van der Waals surface area contributed by atoms with Crippen molar-refractivity contribution in [3.63, 3.8) is 0 Å². The molecule has 0 atom stereocenters. The molecule has 0 aliphatic carbocycles. The molecule has 0 radical (unpaired) electrons. The van der Waals surface area contributed by atoms with Gasteiger partial charge < -0.3 is 5.11 Å². The first-order valence-corrected chi connectivity index (χ1v) is 7.43. The summed E-state index contributed by atoms with van der Waals surface area (Å²) < 4.78 is 2.87. The van der Waals surface area contributed by atoms with Gasteiger partial charge in [-0.3, -0.25) is 4.79 Å². The van der Waals surface area contributed by atoms with Gasteiger partial charge in [0.15, 0.2) is 0 Å². The fraction of sp³-hybridized carbons (Fsp3) is 0.333. The summed E-state index contributed by atoms with van der Waals surface area (Å²) in [6.07, 6.45) is 1.52. The van der Waals surface area contributed by atoms with Crippen LogP contribution in [-0.4, -0.2) is 20.9 Å². The van der Waals surface area contributed by atoms with Crippen molar-refractivity contribution < 1.29 is 9.90 Å². The number of carbonyl (C=O) groups is 1. The summed E-state index contributed by atoms with van der Waals surface area (Å²) in [6, 6.07) is 7.86. The predicted molar refractivity (Wildman–Crippen MR) is 81.4 cm³/mol. The van der Waals surface area contributed by atoms with Gasteiger partial charge in [-0.05, 0) is 37.1 Å². The molecule has 1 N–H and O–H groups in total. The highest BCUT2D eigenvalue weighted by Crippen LogP contribution is 2.22. The molecule has 20 heavy (non-hydrogen) atoms. The van der Waals surface area contributed by atoms with E-state index in [2.05, 4.69) is 21.0 Å². The quantitative estimate of drug-likeness (QED) is 0.910. The van der Waals surface area contributed by atoms with Crippen LogP contribution in [0.25, 0.3) is 5.69 Å². The van der Waals surface area contributed by atoms with E-state index in [1.54, 1.807) is 0 Å². The molecule has 0 fully saturated rings. The Bertz CT molecular complexity index is 618. The average molecular weight is 337 g/mol. The number of carboxylic acids is 1. The molecule has 2 aromatic rings. The second kappa shape index (κ2) is 6.22. The zero-order valence-corrected chi connectivity index (χ0v) is 13.1. The molecule has 1 aromatic heterocycles. The van der Waals surface area contributed by atoms with E-state index >= 15 is 0 Å². The minimum atomic E-state index is -0.815. The number of benzene rings is 1. The number of hydrogen-bond donors (Lipinski definition) is 1. The van der Waals surface area contributed by atoms with Gasteiger partial charge in [-0.25, -0.2) is 4.68 Å². The van der Waals surface area contributed by atoms with Crippen molar-refractivity contribution in [1.82, 2.24) is 9.78 Å². The monoisotopic (exact) mass is 336 g/mol. The van der Waals surface area contributed by atoms with Gasteiger partial charge in [0, 0.05) is 15.7 Å². The Labute approximate surface area is 126 Å². The topological polar surface area (TPSA) is 55.1 Å². The van der Waals surface area contributed by atoms with Crippen LogP contribution in [0, 0.1) is 0 Å². The molecule has 2 rings (SSSR count). The van der Waals surface area contributed by atoms with E-state index in [0.29, 0.717) is 0 Å². The normalized spacial score (nSPS) is 10.8. The van der Waals surface area contributed by atoms with Crippen LogP contribution in [0.5, 0.6) is 0 Å². The third kappa shape index (κ3) is 2.93. The molecular weight excluding hydrogens is 320 g/mol. The SMILES string of the molecule is CCc1nn(-c2ccc(Br)cc2)c(CC)c1CC(=O)O. The van der Waals surface area contributed by atoms with Gasteiger partial charge in [-0.1, -0.05) is 29.8 Å². The second-order valence-corrected chi connectivity index (χ2v) is 5.45. The lowest BCUT2D eigenvalue weighted by atomic mass is 10.1. The molecule has 0 aliphatic heterocycles. The summed E-state index contributed by atoms with van der Waals surface area (Å²) in [7, 11) is 0. The van der Waals surface area contributed by atoms with Crippen LogP contribution < -0.4 is 0 Å². The highest BCUT2D eigenvalue weighted by Gasteiger charge is 2.18. The maximum Gasteiger partial charge on any atom is 0.307 e. The van der Waals surface area contributed by atoms with Crippen molar-refractivity contribution in [3.05, 3.63) is 45.7 Å². The third-order valence-electron chi connectivity index (χ3n) is 3.24. The van der Waals surface area contributed by atoms with Crippen LogP contribution in [0.4, 0.5) is 0 Å². The Hall–Kier alpha value is -1.62.